The lowest BCUT2D eigenvalue weighted by molar-refractivity contribution is -0.134. The first kappa shape index (κ1) is 19.5. The van der Waals surface area contributed by atoms with Gasteiger partial charge < -0.3 is 14.5 Å². The zero-order chi connectivity index (χ0) is 18.6. The van der Waals surface area contributed by atoms with Crippen LogP contribution >= 0.6 is 0 Å². The topological polar surface area (TPSA) is 49.9 Å². The Labute approximate surface area is 151 Å². The first-order chi connectivity index (χ1) is 11.8. The van der Waals surface area contributed by atoms with Crippen LogP contribution in [0.15, 0.2) is 25.3 Å². The highest BCUT2D eigenvalue weighted by molar-refractivity contribution is 5.81. The molecule has 5 heteroatoms. The number of rotatable bonds is 5. The van der Waals surface area contributed by atoms with Gasteiger partial charge in [0.25, 0.3) is 0 Å². The van der Waals surface area contributed by atoms with Gasteiger partial charge >= 0.3 is 6.09 Å². The second kappa shape index (κ2) is 8.07. The molecular weight excluding hydrogens is 316 g/mol. The van der Waals surface area contributed by atoms with E-state index in [4.69, 9.17) is 4.74 Å². The molecule has 2 rings (SSSR count). The molecule has 0 aromatic heterocycles. The minimum absolute atomic E-state index is 0.0677. The molecule has 140 valence electrons. The Hall–Kier alpha value is -1.78. The maximum Gasteiger partial charge on any atom is 0.410 e. The highest BCUT2D eigenvalue weighted by Gasteiger charge is 2.41. The summed E-state index contributed by atoms with van der Waals surface area (Å²) in [7, 11) is 0. The highest BCUT2D eigenvalue weighted by atomic mass is 16.6. The SMILES string of the molecule is C=C[C@H]([C@H]1CCCN1C(=O)OC(C)(C)C)[C@@H](C=C)C(=O)N1CCCC1. The van der Waals surface area contributed by atoms with Crippen molar-refractivity contribution in [2.75, 3.05) is 19.6 Å². The van der Waals surface area contributed by atoms with Crippen molar-refractivity contribution in [2.45, 2.75) is 58.1 Å². The van der Waals surface area contributed by atoms with Gasteiger partial charge in [-0.25, -0.2) is 4.79 Å². The van der Waals surface area contributed by atoms with Gasteiger partial charge in [0.2, 0.25) is 5.91 Å². The van der Waals surface area contributed by atoms with E-state index in [1.54, 1.807) is 11.0 Å². The molecule has 2 aliphatic rings. The average molecular weight is 348 g/mol. The van der Waals surface area contributed by atoms with Crippen molar-refractivity contribution in [3.8, 4) is 0 Å². The standard InChI is InChI=1S/C20H32N2O3/c1-6-15(16(7-2)18(23)21-12-8-9-13-21)17-11-10-14-22(17)19(24)25-20(3,4)5/h6-7,15-17H,1-2,8-14H2,3-5H3/t15-,16+,17+/m0/s1. The number of hydrogen-bond donors (Lipinski definition) is 0. The largest absolute Gasteiger partial charge is 0.444 e. The van der Waals surface area contributed by atoms with Crippen LogP contribution in [0, 0.1) is 11.8 Å². The van der Waals surface area contributed by atoms with Gasteiger partial charge in [-0.05, 0) is 46.5 Å². The third-order valence-electron chi connectivity index (χ3n) is 5.02. The van der Waals surface area contributed by atoms with Crippen LogP contribution < -0.4 is 0 Å². The second-order valence-electron chi connectivity index (χ2n) is 7.99. The van der Waals surface area contributed by atoms with Crippen LogP contribution in [0.1, 0.15) is 46.5 Å². The van der Waals surface area contributed by atoms with E-state index in [0.717, 1.165) is 38.8 Å². The lowest BCUT2D eigenvalue weighted by Gasteiger charge is -2.35. The van der Waals surface area contributed by atoms with E-state index in [-0.39, 0.29) is 29.9 Å². The number of hydrogen-bond acceptors (Lipinski definition) is 3. The Bertz CT molecular complexity index is 518. The Morgan fingerprint density at radius 2 is 1.72 bits per heavy atom. The quantitative estimate of drug-likeness (QED) is 0.713. The first-order valence-corrected chi connectivity index (χ1v) is 9.32. The van der Waals surface area contributed by atoms with Crippen LogP contribution in [0.2, 0.25) is 0 Å². The summed E-state index contributed by atoms with van der Waals surface area (Å²) in [5, 5.41) is 0. The summed E-state index contributed by atoms with van der Waals surface area (Å²) in [6.07, 6.45) is 7.11. The van der Waals surface area contributed by atoms with Gasteiger partial charge in [-0.2, -0.15) is 0 Å². The fourth-order valence-electron chi connectivity index (χ4n) is 3.85. The fourth-order valence-corrected chi connectivity index (χ4v) is 3.85. The Morgan fingerprint density at radius 3 is 2.24 bits per heavy atom. The van der Waals surface area contributed by atoms with E-state index in [1.165, 1.54) is 0 Å². The third-order valence-corrected chi connectivity index (χ3v) is 5.02. The first-order valence-electron chi connectivity index (χ1n) is 9.32. The van der Waals surface area contributed by atoms with Crippen molar-refractivity contribution in [1.29, 1.82) is 0 Å². The number of carbonyl (C=O) groups is 2. The third kappa shape index (κ3) is 4.65. The predicted octanol–water partition coefficient (Wildman–Crippen LogP) is 3.61. The van der Waals surface area contributed by atoms with Crippen LogP contribution in [0.5, 0.6) is 0 Å². The van der Waals surface area contributed by atoms with E-state index in [0.29, 0.717) is 6.54 Å². The van der Waals surface area contributed by atoms with Crippen molar-refractivity contribution >= 4 is 12.0 Å². The molecule has 0 spiro atoms. The molecule has 0 saturated carbocycles. The van der Waals surface area contributed by atoms with Crippen molar-refractivity contribution in [2.24, 2.45) is 11.8 Å². The lowest BCUT2D eigenvalue weighted by atomic mass is 9.83. The summed E-state index contributed by atoms with van der Waals surface area (Å²) in [6, 6.07) is -0.0677. The smallest absolute Gasteiger partial charge is 0.410 e. The van der Waals surface area contributed by atoms with Gasteiger partial charge in [0.1, 0.15) is 5.60 Å². The number of carbonyl (C=O) groups excluding carboxylic acids is 2. The van der Waals surface area contributed by atoms with Crippen LogP contribution in [-0.4, -0.2) is 53.1 Å². The number of amides is 2. The Balaban J connectivity index is 2.15. The highest BCUT2D eigenvalue weighted by Crippen LogP contribution is 2.33. The minimum Gasteiger partial charge on any atom is -0.444 e. The van der Waals surface area contributed by atoms with Gasteiger partial charge in [0.15, 0.2) is 0 Å². The molecule has 3 atom stereocenters. The Kier molecular flexibility index (Phi) is 6.31. The van der Waals surface area contributed by atoms with Gasteiger partial charge in [0, 0.05) is 31.6 Å². The average Bonchev–Trinajstić information content (AvgIpc) is 3.21. The van der Waals surface area contributed by atoms with Crippen LogP contribution in [0.3, 0.4) is 0 Å². The van der Waals surface area contributed by atoms with E-state index in [2.05, 4.69) is 13.2 Å². The lowest BCUT2D eigenvalue weighted by Crippen LogP contribution is -2.47. The molecule has 0 aromatic rings. The monoisotopic (exact) mass is 348 g/mol. The molecule has 0 aromatic carbocycles. The number of likely N-dealkylation sites (tertiary alicyclic amines) is 2. The van der Waals surface area contributed by atoms with Gasteiger partial charge in [0.05, 0.1) is 5.92 Å². The van der Waals surface area contributed by atoms with E-state index < -0.39 is 5.60 Å². The summed E-state index contributed by atoms with van der Waals surface area (Å²) >= 11 is 0. The summed E-state index contributed by atoms with van der Waals surface area (Å²) in [4.78, 5) is 29.2. The van der Waals surface area contributed by atoms with Crippen LogP contribution in [0.4, 0.5) is 4.79 Å². The van der Waals surface area contributed by atoms with Crippen molar-refractivity contribution < 1.29 is 14.3 Å². The van der Waals surface area contributed by atoms with Crippen molar-refractivity contribution in [3.05, 3.63) is 25.3 Å². The number of ether oxygens (including phenoxy) is 1. The zero-order valence-electron chi connectivity index (χ0n) is 15.9. The molecule has 2 saturated heterocycles. The molecule has 2 fully saturated rings. The maximum atomic E-state index is 12.9. The summed E-state index contributed by atoms with van der Waals surface area (Å²) in [6.45, 7) is 15.7. The summed E-state index contributed by atoms with van der Waals surface area (Å²) in [5.41, 5.74) is -0.531. The number of nitrogens with zero attached hydrogens (tertiary/aromatic N) is 2. The molecule has 2 heterocycles. The Morgan fingerprint density at radius 1 is 1.08 bits per heavy atom. The van der Waals surface area contributed by atoms with Crippen LogP contribution in [-0.2, 0) is 9.53 Å². The molecule has 0 unspecified atom stereocenters. The molecule has 2 aliphatic heterocycles. The van der Waals surface area contributed by atoms with Crippen molar-refractivity contribution in [1.82, 2.24) is 9.80 Å². The van der Waals surface area contributed by atoms with Gasteiger partial charge in [-0.3, -0.25) is 4.79 Å². The van der Waals surface area contributed by atoms with Gasteiger partial charge in [-0.15, -0.1) is 13.2 Å². The van der Waals surface area contributed by atoms with Gasteiger partial charge in [-0.1, -0.05) is 12.2 Å². The molecule has 2 amide bonds. The van der Waals surface area contributed by atoms with E-state index in [1.807, 2.05) is 31.7 Å². The summed E-state index contributed by atoms with van der Waals surface area (Å²) < 4.78 is 5.55. The normalized spacial score (nSPS) is 23.2. The molecule has 0 N–H and O–H groups in total. The molecular formula is C20H32N2O3. The fraction of sp³-hybridized carbons (Fsp3) is 0.700. The minimum atomic E-state index is -0.531. The second-order valence-corrected chi connectivity index (χ2v) is 7.99. The summed E-state index contributed by atoms with van der Waals surface area (Å²) in [5.74, 6) is -0.377. The van der Waals surface area contributed by atoms with Crippen LogP contribution in [0.25, 0.3) is 0 Å². The molecule has 0 bridgehead atoms. The molecule has 25 heavy (non-hydrogen) atoms. The van der Waals surface area contributed by atoms with Crippen molar-refractivity contribution in [3.63, 3.8) is 0 Å². The molecule has 0 aliphatic carbocycles. The molecule has 5 nitrogen and oxygen atoms in total. The van der Waals surface area contributed by atoms with E-state index in [9.17, 15) is 9.59 Å². The maximum absolute atomic E-state index is 12.9. The molecule has 0 radical (unpaired) electrons. The predicted molar refractivity (Wildman–Crippen MR) is 99.2 cm³/mol. The van der Waals surface area contributed by atoms with E-state index >= 15 is 0 Å². The zero-order valence-corrected chi connectivity index (χ0v) is 15.9.